The zero-order valence-electron chi connectivity index (χ0n) is 23.7. The van der Waals surface area contributed by atoms with Crippen LogP contribution in [0.5, 0.6) is 5.88 Å². The van der Waals surface area contributed by atoms with E-state index in [0.717, 1.165) is 16.3 Å². The van der Waals surface area contributed by atoms with Crippen molar-refractivity contribution in [1.29, 1.82) is 0 Å². The normalized spacial score (nSPS) is 25.9. The third-order valence-corrected chi connectivity index (χ3v) is 9.50. The molecule has 1 saturated heterocycles. The third kappa shape index (κ3) is 5.88. The maximum atomic E-state index is 13.7. The van der Waals surface area contributed by atoms with Crippen LogP contribution in [0, 0.1) is 12.8 Å². The first-order valence-electron chi connectivity index (χ1n) is 13.8. The summed E-state index contributed by atoms with van der Waals surface area (Å²) >= 11 is 0. The molecule has 3 amide bonds. The smallest absolute Gasteiger partial charge is 0.411 e. The van der Waals surface area contributed by atoms with Gasteiger partial charge in [0.25, 0.3) is 5.91 Å². The van der Waals surface area contributed by atoms with Gasteiger partial charge >= 0.3 is 6.09 Å². The number of pyridine rings is 1. The van der Waals surface area contributed by atoms with Crippen LogP contribution in [0.25, 0.3) is 10.8 Å². The number of hydrogen-bond donors (Lipinski definition) is 2. The Hall–Kier alpha value is -3.67. The average molecular weight is 585 g/mol. The van der Waals surface area contributed by atoms with Crippen LogP contribution in [0.4, 0.5) is 4.79 Å². The molecule has 2 saturated carbocycles. The topological polar surface area (TPSA) is 144 Å². The Morgan fingerprint density at radius 1 is 1.20 bits per heavy atom. The number of sulfonamides is 1. The lowest BCUT2D eigenvalue weighted by Gasteiger charge is -2.29. The number of fused-ring (bicyclic) bond motifs is 1. The van der Waals surface area contributed by atoms with E-state index >= 15 is 0 Å². The number of nitrogens with one attached hydrogen (secondary N) is 2. The minimum atomic E-state index is -3.82. The molecule has 1 aliphatic heterocycles. The van der Waals surface area contributed by atoms with Crippen molar-refractivity contribution < 1.29 is 32.3 Å². The number of aromatic nitrogens is 1. The minimum Gasteiger partial charge on any atom is -0.472 e. The molecule has 2 N–H and O–H groups in total. The van der Waals surface area contributed by atoms with Crippen molar-refractivity contribution in [2.24, 2.45) is 5.92 Å². The SMILES string of the molecule is C=C[C@@H]1C[C@]1(NC(=O)[C@@H]1C[C@@H](Oc2nccc3cccc(C)c23)CN1C(=O)OC(C)(C)C)C(=O)NS(=O)(=O)C1CC1. The summed E-state index contributed by atoms with van der Waals surface area (Å²) in [5, 5.41) is 3.95. The van der Waals surface area contributed by atoms with Crippen molar-refractivity contribution in [3.8, 4) is 5.88 Å². The highest BCUT2D eigenvalue weighted by atomic mass is 32.2. The lowest BCUT2D eigenvalue weighted by molar-refractivity contribution is -0.131. The van der Waals surface area contributed by atoms with E-state index in [2.05, 4.69) is 21.6 Å². The minimum absolute atomic E-state index is 0.0527. The first kappa shape index (κ1) is 28.8. The van der Waals surface area contributed by atoms with Crippen molar-refractivity contribution >= 4 is 38.7 Å². The van der Waals surface area contributed by atoms with Gasteiger partial charge in [0.2, 0.25) is 21.8 Å². The van der Waals surface area contributed by atoms with Gasteiger partial charge in [-0.15, -0.1) is 6.58 Å². The molecule has 2 aromatic rings. The second-order valence-electron chi connectivity index (χ2n) is 12.1. The molecule has 41 heavy (non-hydrogen) atoms. The lowest BCUT2D eigenvalue weighted by Crippen LogP contribution is -2.56. The number of hydrogen-bond acceptors (Lipinski definition) is 8. The standard InChI is InChI=1S/C29H36N4O7S/c1-6-19-15-29(19,26(35)32-41(37,38)21-10-11-21)31-24(34)22-14-20(16-33(22)27(36)40-28(3,4)5)39-25-23-17(2)8-7-9-18(23)12-13-30-25/h6-9,12-13,19-22H,1,10-11,14-16H2,2-5H3,(H,31,34)(H,32,35)/t19-,20-,22+,29-/m1/s1. The highest BCUT2D eigenvalue weighted by Gasteiger charge is 2.62. The van der Waals surface area contributed by atoms with Crippen molar-refractivity contribution in [2.45, 2.75) is 81.9 Å². The maximum absolute atomic E-state index is 13.7. The van der Waals surface area contributed by atoms with Crippen molar-refractivity contribution in [3.05, 3.63) is 48.7 Å². The number of aryl methyl sites for hydroxylation is 1. The molecule has 5 rings (SSSR count). The summed E-state index contributed by atoms with van der Waals surface area (Å²) in [7, 11) is -3.82. The number of carbonyl (C=O) groups is 3. The quantitative estimate of drug-likeness (QED) is 0.451. The van der Waals surface area contributed by atoms with Gasteiger partial charge in [0, 0.05) is 23.9 Å². The number of carbonyl (C=O) groups excluding carboxylic acids is 3. The summed E-state index contributed by atoms with van der Waals surface area (Å²) in [5.41, 5.74) is -1.30. The summed E-state index contributed by atoms with van der Waals surface area (Å²) in [4.78, 5) is 45.8. The first-order chi connectivity index (χ1) is 19.2. The van der Waals surface area contributed by atoms with E-state index in [9.17, 15) is 22.8 Å². The van der Waals surface area contributed by atoms with E-state index in [1.54, 1.807) is 27.0 Å². The zero-order valence-corrected chi connectivity index (χ0v) is 24.5. The largest absolute Gasteiger partial charge is 0.472 e. The van der Waals surface area contributed by atoms with Crippen molar-refractivity contribution in [1.82, 2.24) is 19.9 Å². The van der Waals surface area contributed by atoms with Crippen LogP contribution in [0.2, 0.25) is 0 Å². The molecular formula is C29H36N4O7S. The Labute approximate surface area is 239 Å². The molecule has 11 nitrogen and oxygen atoms in total. The third-order valence-electron chi connectivity index (χ3n) is 7.69. The van der Waals surface area contributed by atoms with E-state index in [4.69, 9.17) is 9.47 Å². The van der Waals surface area contributed by atoms with Gasteiger partial charge in [-0.2, -0.15) is 0 Å². The molecule has 0 bridgehead atoms. The number of benzene rings is 1. The van der Waals surface area contributed by atoms with Gasteiger partial charge in [0.15, 0.2) is 0 Å². The second kappa shape index (κ2) is 10.3. The summed E-state index contributed by atoms with van der Waals surface area (Å²) < 4.78 is 38.9. The summed E-state index contributed by atoms with van der Waals surface area (Å²) in [6.45, 7) is 10.9. The molecule has 220 valence electrons. The van der Waals surface area contributed by atoms with Crippen LogP contribution >= 0.6 is 0 Å². The first-order valence-corrected chi connectivity index (χ1v) is 15.3. The van der Waals surface area contributed by atoms with Crippen LogP contribution in [0.15, 0.2) is 43.1 Å². The molecule has 3 aliphatic rings. The van der Waals surface area contributed by atoms with E-state index < -0.39 is 62.4 Å². The molecular weight excluding hydrogens is 548 g/mol. The van der Waals surface area contributed by atoms with E-state index in [1.807, 2.05) is 31.2 Å². The van der Waals surface area contributed by atoms with Gasteiger partial charge in [-0.05, 0) is 64.0 Å². The number of nitrogens with zero attached hydrogens (tertiary/aromatic N) is 2. The fourth-order valence-corrected chi connectivity index (χ4v) is 6.66. The summed E-state index contributed by atoms with van der Waals surface area (Å²) in [6, 6.07) is 6.70. The van der Waals surface area contributed by atoms with Crippen LogP contribution in [-0.4, -0.2) is 71.3 Å². The molecule has 1 aromatic heterocycles. The monoisotopic (exact) mass is 584 g/mol. The zero-order chi connectivity index (χ0) is 29.7. The Balaban J connectivity index is 1.38. The lowest BCUT2D eigenvalue weighted by atomic mass is 10.1. The molecule has 1 aromatic carbocycles. The molecule has 2 heterocycles. The molecule has 4 atom stereocenters. The molecule has 2 aliphatic carbocycles. The number of ether oxygens (including phenoxy) is 2. The van der Waals surface area contributed by atoms with Gasteiger partial charge in [-0.3, -0.25) is 19.2 Å². The van der Waals surface area contributed by atoms with Gasteiger partial charge in [0.05, 0.1) is 11.8 Å². The predicted molar refractivity (Wildman–Crippen MR) is 152 cm³/mol. The van der Waals surface area contributed by atoms with Crippen LogP contribution < -0.4 is 14.8 Å². The van der Waals surface area contributed by atoms with Crippen molar-refractivity contribution in [2.75, 3.05) is 6.54 Å². The Bertz CT molecular complexity index is 1510. The van der Waals surface area contributed by atoms with E-state index in [0.29, 0.717) is 18.7 Å². The fraction of sp³-hybridized carbons (Fsp3) is 0.517. The van der Waals surface area contributed by atoms with Crippen LogP contribution in [-0.2, 0) is 24.3 Å². The number of amides is 3. The summed E-state index contributed by atoms with van der Waals surface area (Å²) in [6.07, 6.45) is 3.17. The molecule has 12 heteroatoms. The van der Waals surface area contributed by atoms with Crippen LogP contribution in [0.1, 0.15) is 52.0 Å². The van der Waals surface area contributed by atoms with E-state index in [-0.39, 0.29) is 19.4 Å². The number of likely N-dealkylation sites (tertiary alicyclic amines) is 1. The molecule has 0 radical (unpaired) electrons. The van der Waals surface area contributed by atoms with Gasteiger partial charge in [-0.25, -0.2) is 18.2 Å². The highest BCUT2D eigenvalue weighted by molar-refractivity contribution is 7.91. The fourth-order valence-electron chi connectivity index (χ4n) is 5.29. The number of rotatable bonds is 8. The van der Waals surface area contributed by atoms with Gasteiger partial charge < -0.3 is 14.8 Å². The average Bonchev–Trinajstić information content (AvgIpc) is 3.80. The van der Waals surface area contributed by atoms with E-state index in [1.165, 1.54) is 11.0 Å². The van der Waals surface area contributed by atoms with Crippen molar-refractivity contribution in [3.63, 3.8) is 0 Å². The molecule has 0 spiro atoms. The van der Waals surface area contributed by atoms with Crippen LogP contribution in [0.3, 0.4) is 0 Å². The Kier molecular flexibility index (Phi) is 7.25. The van der Waals surface area contributed by atoms with Gasteiger partial charge in [0.1, 0.15) is 23.3 Å². The maximum Gasteiger partial charge on any atom is 0.411 e. The Morgan fingerprint density at radius 2 is 1.93 bits per heavy atom. The Morgan fingerprint density at radius 3 is 2.56 bits per heavy atom. The summed E-state index contributed by atoms with van der Waals surface area (Å²) in [5.74, 6) is -1.46. The second-order valence-corrected chi connectivity index (χ2v) is 14.1. The molecule has 3 fully saturated rings. The highest BCUT2D eigenvalue weighted by Crippen LogP contribution is 2.45. The molecule has 0 unspecified atom stereocenters. The predicted octanol–water partition coefficient (Wildman–Crippen LogP) is 2.97. The van der Waals surface area contributed by atoms with Gasteiger partial charge in [-0.1, -0.05) is 24.3 Å².